The molecular formula is C17H16N4O2. The van der Waals surface area contributed by atoms with Crippen molar-refractivity contribution in [1.29, 1.82) is 10.5 Å². The largest absolute Gasteiger partial charge is 0.490 e. The lowest BCUT2D eigenvalue weighted by Gasteiger charge is -2.13. The van der Waals surface area contributed by atoms with E-state index in [1.165, 1.54) is 6.08 Å². The van der Waals surface area contributed by atoms with E-state index in [4.69, 9.17) is 20.0 Å². The Hall–Kier alpha value is -3.25. The van der Waals surface area contributed by atoms with Crippen LogP contribution in [0.4, 0.5) is 0 Å². The van der Waals surface area contributed by atoms with Crippen LogP contribution >= 0.6 is 0 Å². The first-order valence-electron chi connectivity index (χ1n) is 7.14. The van der Waals surface area contributed by atoms with E-state index in [-0.39, 0.29) is 5.57 Å². The number of hydrogen-bond donors (Lipinski definition) is 0. The van der Waals surface area contributed by atoms with Crippen molar-refractivity contribution < 1.29 is 9.47 Å². The Labute approximate surface area is 134 Å². The van der Waals surface area contributed by atoms with Crippen molar-refractivity contribution in [1.82, 2.24) is 9.55 Å². The molecule has 0 saturated carbocycles. The molecule has 6 heteroatoms. The first-order valence-corrected chi connectivity index (χ1v) is 7.14. The highest BCUT2D eigenvalue weighted by molar-refractivity contribution is 5.64. The van der Waals surface area contributed by atoms with Crippen LogP contribution in [0.25, 0.3) is 6.08 Å². The fourth-order valence-electron chi connectivity index (χ4n) is 1.94. The Kier molecular flexibility index (Phi) is 5.79. The zero-order chi connectivity index (χ0) is 16.5. The summed E-state index contributed by atoms with van der Waals surface area (Å²) in [5.74, 6) is 1.21. The fraction of sp³-hybridized carbons (Fsp3) is 0.235. The van der Waals surface area contributed by atoms with Crippen LogP contribution in [0.1, 0.15) is 12.5 Å². The number of aromatic nitrogens is 2. The molecule has 0 unspecified atom stereocenters. The zero-order valence-corrected chi connectivity index (χ0v) is 12.8. The number of hydrogen-bond acceptors (Lipinski definition) is 5. The van der Waals surface area contributed by atoms with E-state index in [9.17, 15) is 0 Å². The predicted molar refractivity (Wildman–Crippen MR) is 84.5 cm³/mol. The van der Waals surface area contributed by atoms with Gasteiger partial charge in [0.1, 0.15) is 24.3 Å². The monoisotopic (exact) mass is 308 g/mol. The van der Waals surface area contributed by atoms with Gasteiger partial charge in [0, 0.05) is 12.4 Å². The molecule has 0 spiro atoms. The van der Waals surface area contributed by atoms with Crippen molar-refractivity contribution in [2.24, 2.45) is 0 Å². The van der Waals surface area contributed by atoms with Gasteiger partial charge in [-0.05, 0) is 30.7 Å². The van der Waals surface area contributed by atoms with Gasteiger partial charge in [-0.3, -0.25) is 0 Å². The van der Waals surface area contributed by atoms with Crippen LogP contribution in [0.5, 0.6) is 11.5 Å². The summed E-state index contributed by atoms with van der Waals surface area (Å²) < 4.78 is 13.2. The standard InChI is InChI=1S/C17H16N4O2/c1-2-22-17-10-14(9-15(11-18)12-19)3-4-16(17)23-8-7-21-6-5-20-13-21/h3-6,9-10,13H,2,7-8H2,1H3. The van der Waals surface area contributed by atoms with Crippen molar-refractivity contribution in [3.05, 3.63) is 48.1 Å². The van der Waals surface area contributed by atoms with Gasteiger partial charge in [0.2, 0.25) is 0 Å². The Morgan fingerprint density at radius 3 is 2.74 bits per heavy atom. The second-order valence-electron chi connectivity index (χ2n) is 4.57. The predicted octanol–water partition coefficient (Wildman–Crippen LogP) is 2.79. The lowest BCUT2D eigenvalue weighted by atomic mass is 10.1. The highest BCUT2D eigenvalue weighted by Crippen LogP contribution is 2.29. The SMILES string of the molecule is CCOc1cc(C=C(C#N)C#N)ccc1OCCn1ccnc1. The normalized spacial score (nSPS) is 9.52. The number of nitriles is 2. The van der Waals surface area contributed by atoms with Gasteiger partial charge in [0.25, 0.3) is 0 Å². The molecule has 0 atom stereocenters. The number of allylic oxidation sites excluding steroid dienone is 1. The van der Waals surface area contributed by atoms with Crippen molar-refractivity contribution >= 4 is 6.08 Å². The smallest absolute Gasteiger partial charge is 0.161 e. The number of imidazole rings is 1. The topological polar surface area (TPSA) is 83.9 Å². The minimum Gasteiger partial charge on any atom is -0.490 e. The molecule has 0 amide bonds. The fourth-order valence-corrected chi connectivity index (χ4v) is 1.94. The lowest BCUT2D eigenvalue weighted by molar-refractivity contribution is 0.266. The molecule has 0 aliphatic rings. The highest BCUT2D eigenvalue weighted by atomic mass is 16.5. The number of nitrogens with zero attached hydrogens (tertiary/aromatic N) is 4. The molecule has 0 saturated heterocycles. The molecular weight excluding hydrogens is 292 g/mol. The maximum Gasteiger partial charge on any atom is 0.161 e. The van der Waals surface area contributed by atoms with Crippen molar-refractivity contribution in [2.45, 2.75) is 13.5 Å². The van der Waals surface area contributed by atoms with Crippen LogP contribution in [0.15, 0.2) is 42.5 Å². The van der Waals surface area contributed by atoms with Crippen molar-refractivity contribution in [2.75, 3.05) is 13.2 Å². The van der Waals surface area contributed by atoms with Gasteiger partial charge in [-0.25, -0.2) is 4.98 Å². The van der Waals surface area contributed by atoms with E-state index < -0.39 is 0 Å². The summed E-state index contributed by atoms with van der Waals surface area (Å²) in [7, 11) is 0. The van der Waals surface area contributed by atoms with Crippen LogP contribution in [-0.4, -0.2) is 22.8 Å². The molecule has 1 heterocycles. The van der Waals surface area contributed by atoms with Crippen LogP contribution in [0.2, 0.25) is 0 Å². The third-order valence-corrected chi connectivity index (χ3v) is 2.99. The molecule has 0 fully saturated rings. The number of benzene rings is 1. The van der Waals surface area contributed by atoms with E-state index in [0.717, 1.165) is 0 Å². The molecule has 0 aliphatic heterocycles. The summed E-state index contributed by atoms with van der Waals surface area (Å²) in [4.78, 5) is 3.97. The molecule has 0 N–H and O–H groups in total. The van der Waals surface area contributed by atoms with E-state index in [0.29, 0.717) is 36.8 Å². The summed E-state index contributed by atoms with van der Waals surface area (Å²) in [5, 5.41) is 17.6. The Balaban J connectivity index is 2.11. The highest BCUT2D eigenvalue weighted by Gasteiger charge is 2.06. The number of ether oxygens (including phenoxy) is 2. The van der Waals surface area contributed by atoms with Gasteiger partial charge in [-0.2, -0.15) is 10.5 Å². The lowest BCUT2D eigenvalue weighted by Crippen LogP contribution is -2.07. The van der Waals surface area contributed by atoms with E-state index in [1.807, 2.05) is 29.8 Å². The molecule has 1 aromatic heterocycles. The van der Waals surface area contributed by atoms with Crippen LogP contribution in [0.3, 0.4) is 0 Å². The third kappa shape index (κ3) is 4.62. The molecule has 116 valence electrons. The molecule has 1 aromatic carbocycles. The van der Waals surface area contributed by atoms with Gasteiger partial charge in [-0.15, -0.1) is 0 Å². The van der Waals surface area contributed by atoms with Crippen molar-refractivity contribution in [3.63, 3.8) is 0 Å². The van der Waals surface area contributed by atoms with Crippen LogP contribution in [-0.2, 0) is 6.54 Å². The average molecular weight is 308 g/mol. The summed E-state index contributed by atoms with van der Waals surface area (Å²) in [5.41, 5.74) is 0.759. The molecule has 0 aliphatic carbocycles. The third-order valence-electron chi connectivity index (χ3n) is 2.99. The Bertz CT molecular complexity index is 736. The molecule has 2 aromatic rings. The molecule has 2 rings (SSSR count). The first-order chi connectivity index (χ1) is 11.3. The zero-order valence-electron chi connectivity index (χ0n) is 12.8. The quantitative estimate of drug-likeness (QED) is 0.734. The maximum atomic E-state index is 8.82. The molecule has 23 heavy (non-hydrogen) atoms. The van der Waals surface area contributed by atoms with Gasteiger partial charge < -0.3 is 14.0 Å². The number of rotatable bonds is 7. The molecule has 0 bridgehead atoms. The van der Waals surface area contributed by atoms with Crippen molar-refractivity contribution in [3.8, 4) is 23.6 Å². The summed E-state index contributed by atoms with van der Waals surface area (Å²) in [6, 6.07) is 8.98. The van der Waals surface area contributed by atoms with E-state index in [1.54, 1.807) is 30.7 Å². The van der Waals surface area contributed by atoms with Gasteiger partial charge >= 0.3 is 0 Å². The van der Waals surface area contributed by atoms with Gasteiger partial charge in [0.15, 0.2) is 11.5 Å². The average Bonchev–Trinajstić information content (AvgIpc) is 3.08. The van der Waals surface area contributed by atoms with Crippen LogP contribution in [0, 0.1) is 22.7 Å². The van der Waals surface area contributed by atoms with Crippen LogP contribution < -0.4 is 9.47 Å². The summed E-state index contributed by atoms with van der Waals surface area (Å²) >= 11 is 0. The van der Waals surface area contributed by atoms with E-state index in [2.05, 4.69) is 4.98 Å². The molecule has 6 nitrogen and oxygen atoms in total. The van der Waals surface area contributed by atoms with Gasteiger partial charge in [0.05, 0.1) is 19.5 Å². The first kappa shape index (κ1) is 16.1. The minimum absolute atomic E-state index is 0.0428. The second-order valence-corrected chi connectivity index (χ2v) is 4.57. The van der Waals surface area contributed by atoms with E-state index >= 15 is 0 Å². The second kappa shape index (κ2) is 8.26. The summed E-state index contributed by atoms with van der Waals surface area (Å²) in [6.07, 6.45) is 6.82. The molecule has 0 radical (unpaired) electrons. The Morgan fingerprint density at radius 2 is 2.09 bits per heavy atom. The van der Waals surface area contributed by atoms with Gasteiger partial charge in [-0.1, -0.05) is 6.07 Å². The minimum atomic E-state index is 0.0428. The maximum absolute atomic E-state index is 8.82. The summed E-state index contributed by atoms with van der Waals surface area (Å²) in [6.45, 7) is 3.54. The Morgan fingerprint density at radius 1 is 1.26 bits per heavy atom.